The first-order chi connectivity index (χ1) is 17.1. The number of amides is 1. The lowest BCUT2D eigenvalue weighted by Crippen LogP contribution is -2.37. The standard InChI is InChI=1S/C28H31N3O3S/c1-21-18-24-4-2-3-5-25(24)20-30(21)19-22-6-8-23(9-7-22)28(32)29-26-10-12-27(13-11-26)35(33)31-14-16-34-17-15-31/h2-13,21H,14-20H2,1H3,(H,29,32). The van der Waals surface area contributed by atoms with Gasteiger partial charge in [0, 0.05) is 43.5 Å². The summed E-state index contributed by atoms with van der Waals surface area (Å²) in [6.45, 7) is 6.61. The van der Waals surface area contributed by atoms with E-state index in [1.165, 1.54) is 16.7 Å². The number of benzene rings is 3. The molecule has 0 spiro atoms. The maximum absolute atomic E-state index is 12.8. The second-order valence-corrected chi connectivity index (χ2v) is 10.7. The lowest BCUT2D eigenvalue weighted by atomic mass is 9.94. The topological polar surface area (TPSA) is 61.9 Å². The molecule has 3 aromatic carbocycles. The van der Waals surface area contributed by atoms with Gasteiger partial charge in [0.1, 0.15) is 11.0 Å². The fraction of sp³-hybridized carbons (Fsp3) is 0.321. The first-order valence-corrected chi connectivity index (χ1v) is 13.2. The molecule has 1 N–H and O–H groups in total. The summed E-state index contributed by atoms with van der Waals surface area (Å²) in [7, 11) is -1.21. The van der Waals surface area contributed by atoms with E-state index in [-0.39, 0.29) is 5.91 Å². The van der Waals surface area contributed by atoms with Crippen LogP contribution in [0.2, 0.25) is 0 Å². The van der Waals surface area contributed by atoms with Crippen molar-refractivity contribution in [2.45, 2.75) is 37.4 Å². The van der Waals surface area contributed by atoms with Crippen molar-refractivity contribution in [2.24, 2.45) is 0 Å². The van der Waals surface area contributed by atoms with Crippen molar-refractivity contribution in [1.82, 2.24) is 9.21 Å². The second-order valence-electron chi connectivity index (χ2n) is 9.19. The number of carbonyl (C=O) groups excluding carboxylic acids is 1. The Morgan fingerprint density at radius 1 is 0.971 bits per heavy atom. The van der Waals surface area contributed by atoms with E-state index >= 15 is 0 Å². The van der Waals surface area contributed by atoms with Gasteiger partial charge in [0.15, 0.2) is 0 Å². The summed E-state index contributed by atoms with van der Waals surface area (Å²) in [5, 5.41) is 2.94. The molecule has 0 aromatic heterocycles. The van der Waals surface area contributed by atoms with Gasteiger partial charge in [-0.3, -0.25) is 9.69 Å². The van der Waals surface area contributed by atoms with E-state index < -0.39 is 11.0 Å². The molecular weight excluding hydrogens is 458 g/mol. The molecule has 5 rings (SSSR count). The molecule has 2 heterocycles. The van der Waals surface area contributed by atoms with E-state index in [0.29, 0.717) is 43.6 Å². The van der Waals surface area contributed by atoms with Gasteiger partial charge in [-0.05, 0) is 66.4 Å². The molecule has 6 nitrogen and oxygen atoms in total. The highest BCUT2D eigenvalue weighted by atomic mass is 32.2. The summed E-state index contributed by atoms with van der Waals surface area (Å²) in [5.74, 6) is -0.154. The maximum atomic E-state index is 12.8. The van der Waals surface area contributed by atoms with Crippen LogP contribution >= 0.6 is 0 Å². The highest BCUT2D eigenvalue weighted by Gasteiger charge is 2.22. The molecule has 0 saturated carbocycles. The summed E-state index contributed by atoms with van der Waals surface area (Å²) in [5.41, 5.74) is 5.35. The third-order valence-electron chi connectivity index (χ3n) is 6.75. The van der Waals surface area contributed by atoms with Gasteiger partial charge < -0.3 is 10.1 Å². The fourth-order valence-corrected chi connectivity index (χ4v) is 5.81. The predicted octanol–water partition coefficient (Wildman–Crippen LogP) is 4.24. The number of hydrogen-bond acceptors (Lipinski definition) is 4. The van der Waals surface area contributed by atoms with Crippen LogP contribution in [0.15, 0.2) is 77.7 Å². The molecule has 3 aromatic rings. The van der Waals surface area contributed by atoms with Crippen LogP contribution in [-0.2, 0) is 35.2 Å². The molecule has 7 heteroatoms. The molecule has 1 fully saturated rings. The molecule has 0 aliphatic carbocycles. The zero-order valence-electron chi connectivity index (χ0n) is 20.0. The van der Waals surface area contributed by atoms with Gasteiger partial charge >= 0.3 is 0 Å². The minimum Gasteiger partial charge on any atom is -0.379 e. The van der Waals surface area contributed by atoms with Gasteiger partial charge in [-0.25, -0.2) is 8.51 Å². The van der Waals surface area contributed by atoms with Crippen molar-refractivity contribution < 1.29 is 13.7 Å². The van der Waals surface area contributed by atoms with Gasteiger partial charge in [-0.2, -0.15) is 0 Å². The van der Waals surface area contributed by atoms with E-state index in [9.17, 15) is 9.00 Å². The summed E-state index contributed by atoms with van der Waals surface area (Å²) in [6.07, 6.45) is 1.06. The smallest absolute Gasteiger partial charge is 0.255 e. The molecule has 35 heavy (non-hydrogen) atoms. The van der Waals surface area contributed by atoms with E-state index in [2.05, 4.69) is 41.4 Å². The van der Waals surface area contributed by atoms with Crippen molar-refractivity contribution in [3.05, 3.63) is 95.1 Å². The Kier molecular flexibility index (Phi) is 7.39. The monoisotopic (exact) mass is 489 g/mol. The number of fused-ring (bicyclic) bond motifs is 1. The normalized spacial score (nSPS) is 19.6. The molecule has 2 aliphatic rings. The van der Waals surface area contributed by atoms with E-state index in [1.54, 1.807) is 12.1 Å². The third kappa shape index (κ3) is 5.70. The summed E-state index contributed by atoms with van der Waals surface area (Å²) >= 11 is 0. The summed E-state index contributed by atoms with van der Waals surface area (Å²) in [4.78, 5) is 16.0. The van der Waals surface area contributed by atoms with Crippen LogP contribution in [0, 0.1) is 0 Å². The number of rotatable bonds is 6. The highest BCUT2D eigenvalue weighted by Crippen LogP contribution is 2.25. The number of ether oxygens (including phenoxy) is 1. The van der Waals surface area contributed by atoms with Gasteiger partial charge in [-0.15, -0.1) is 0 Å². The third-order valence-corrected chi connectivity index (χ3v) is 8.26. The molecule has 0 radical (unpaired) electrons. The van der Waals surface area contributed by atoms with Gasteiger partial charge in [-0.1, -0.05) is 36.4 Å². The Morgan fingerprint density at radius 3 is 2.37 bits per heavy atom. The van der Waals surface area contributed by atoms with E-state index in [4.69, 9.17) is 4.74 Å². The first kappa shape index (κ1) is 23.9. The average molecular weight is 490 g/mol. The maximum Gasteiger partial charge on any atom is 0.255 e. The zero-order chi connectivity index (χ0) is 24.2. The van der Waals surface area contributed by atoms with Crippen molar-refractivity contribution in [3.63, 3.8) is 0 Å². The lowest BCUT2D eigenvalue weighted by Gasteiger charge is -2.35. The Balaban J connectivity index is 1.17. The van der Waals surface area contributed by atoms with Crippen molar-refractivity contribution in [1.29, 1.82) is 0 Å². The molecule has 2 atom stereocenters. The first-order valence-electron chi connectivity index (χ1n) is 12.1. The van der Waals surface area contributed by atoms with Crippen molar-refractivity contribution in [3.8, 4) is 0 Å². The quantitative estimate of drug-likeness (QED) is 0.563. The average Bonchev–Trinajstić information content (AvgIpc) is 2.90. The highest BCUT2D eigenvalue weighted by molar-refractivity contribution is 7.82. The molecule has 1 saturated heterocycles. The lowest BCUT2D eigenvalue weighted by molar-refractivity contribution is 0.0752. The second kappa shape index (κ2) is 10.8. The number of nitrogens with one attached hydrogen (secondary N) is 1. The number of anilines is 1. The van der Waals surface area contributed by atoms with Crippen LogP contribution in [0.1, 0.15) is 34.0 Å². The zero-order valence-corrected chi connectivity index (χ0v) is 20.8. The van der Waals surface area contributed by atoms with E-state index in [0.717, 1.165) is 24.4 Å². The van der Waals surface area contributed by atoms with Crippen molar-refractivity contribution >= 4 is 22.6 Å². The number of nitrogens with zero attached hydrogens (tertiary/aromatic N) is 2. The van der Waals surface area contributed by atoms with Crippen LogP contribution in [0.5, 0.6) is 0 Å². The predicted molar refractivity (Wildman–Crippen MR) is 138 cm³/mol. The Morgan fingerprint density at radius 2 is 1.66 bits per heavy atom. The molecule has 1 amide bonds. The Hall–Kier alpha value is -2.84. The molecule has 2 aliphatic heterocycles. The number of carbonyl (C=O) groups is 1. The number of hydrogen-bond donors (Lipinski definition) is 1. The van der Waals surface area contributed by atoms with Crippen LogP contribution in [0.25, 0.3) is 0 Å². The fourth-order valence-electron chi connectivity index (χ4n) is 4.66. The Bertz CT molecular complexity index is 1190. The largest absolute Gasteiger partial charge is 0.379 e. The molecular formula is C28H31N3O3S. The van der Waals surface area contributed by atoms with Gasteiger partial charge in [0.25, 0.3) is 5.91 Å². The Labute approximate surface area is 209 Å². The SMILES string of the molecule is CC1Cc2ccccc2CN1Cc1ccc(C(=O)Nc2ccc(S(=O)N3CCOCC3)cc2)cc1. The number of morpholine rings is 1. The molecule has 2 unspecified atom stereocenters. The van der Waals surface area contributed by atoms with Crippen LogP contribution in [0.3, 0.4) is 0 Å². The van der Waals surface area contributed by atoms with Crippen LogP contribution in [0.4, 0.5) is 5.69 Å². The molecule has 182 valence electrons. The van der Waals surface area contributed by atoms with E-state index in [1.807, 2.05) is 40.7 Å². The van der Waals surface area contributed by atoms with Crippen LogP contribution < -0.4 is 5.32 Å². The van der Waals surface area contributed by atoms with Crippen LogP contribution in [-0.4, -0.2) is 51.7 Å². The summed E-state index contributed by atoms with van der Waals surface area (Å²) in [6, 6.07) is 24.2. The summed E-state index contributed by atoms with van der Waals surface area (Å²) < 4.78 is 19.9. The molecule has 0 bridgehead atoms. The van der Waals surface area contributed by atoms with Gasteiger partial charge in [0.2, 0.25) is 0 Å². The van der Waals surface area contributed by atoms with Gasteiger partial charge in [0.05, 0.1) is 18.1 Å². The minimum atomic E-state index is -1.21. The van der Waals surface area contributed by atoms with Crippen molar-refractivity contribution in [2.75, 3.05) is 31.6 Å². The minimum absolute atomic E-state index is 0.154.